The van der Waals surface area contributed by atoms with Crippen LogP contribution in [0.2, 0.25) is 0 Å². The molecule has 1 fully saturated rings. The molecular formula is C20H21N3O4. The number of aromatic nitrogens is 1. The molecule has 2 aliphatic rings. The van der Waals surface area contributed by atoms with Gasteiger partial charge < -0.3 is 19.7 Å². The van der Waals surface area contributed by atoms with Gasteiger partial charge in [-0.25, -0.2) is 0 Å². The van der Waals surface area contributed by atoms with Crippen LogP contribution in [0.3, 0.4) is 0 Å². The molecule has 7 heteroatoms. The molecule has 1 aromatic heterocycles. The highest BCUT2D eigenvalue weighted by Crippen LogP contribution is 2.34. The summed E-state index contributed by atoms with van der Waals surface area (Å²) >= 11 is 0. The average molecular weight is 367 g/mol. The van der Waals surface area contributed by atoms with E-state index in [1.54, 1.807) is 24.3 Å². The Morgan fingerprint density at radius 1 is 1.15 bits per heavy atom. The van der Waals surface area contributed by atoms with Crippen LogP contribution in [0.1, 0.15) is 40.5 Å². The van der Waals surface area contributed by atoms with Crippen molar-refractivity contribution in [2.45, 2.75) is 19.8 Å². The fourth-order valence-electron chi connectivity index (χ4n) is 3.42. The number of anilines is 1. The second kappa shape index (κ2) is 7.26. The van der Waals surface area contributed by atoms with Gasteiger partial charge in [0.15, 0.2) is 11.5 Å². The van der Waals surface area contributed by atoms with Crippen molar-refractivity contribution in [1.82, 2.24) is 9.88 Å². The van der Waals surface area contributed by atoms with Crippen LogP contribution in [0.5, 0.6) is 11.5 Å². The Kier molecular flexibility index (Phi) is 4.66. The van der Waals surface area contributed by atoms with E-state index in [1.165, 1.54) is 12.4 Å². The van der Waals surface area contributed by atoms with Crippen molar-refractivity contribution in [3.05, 3.63) is 47.8 Å². The summed E-state index contributed by atoms with van der Waals surface area (Å²) in [6.07, 6.45) is 5.11. The maximum absolute atomic E-state index is 12.7. The summed E-state index contributed by atoms with van der Waals surface area (Å²) in [5.41, 5.74) is 1.36. The molecular weight excluding hydrogens is 346 g/mol. The summed E-state index contributed by atoms with van der Waals surface area (Å²) in [5, 5.41) is 2.80. The van der Waals surface area contributed by atoms with E-state index in [0.29, 0.717) is 34.2 Å². The highest BCUT2D eigenvalue weighted by molar-refractivity contribution is 6.06. The van der Waals surface area contributed by atoms with Crippen molar-refractivity contribution in [2.75, 3.05) is 25.2 Å². The van der Waals surface area contributed by atoms with Crippen molar-refractivity contribution >= 4 is 17.5 Å². The standard InChI is InChI=1S/C20H21N3O4/c1-13-3-2-6-23(11-13)20(25)15-7-14(9-21-10-15)19(24)22-16-4-5-17-18(8-16)27-12-26-17/h4-5,7-10,13H,2-3,6,11-12H2,1H3,(H,22,24). The van der Waals surface area contributed by atoms with Gasteiger partial charge in [-0.2, -0.15) is 0 Å². The van der Waals surface area contributed by atoms with Gasteiger partial charge in [0.25, 0.3) is 11.8 Å². The molecule has 4 rings (SSSR count). The first kappa shape index (κ1) is 17.3. The Labute approximate surface area is 157 Å². The van der Waals surface area contributed by atoms with Crippen molar-refractivity contribution < 1.29 is 19.1 Å². The quantitative estimate of drug-likeness (QED) is 0.902. The molecule has 0 bridgehead atoms. The van der Waals surface area contributed by atoms with Gasteiger partial charge in [0.2, 0.25) is 6.79 Å². The van der Waals surface area contributed by atoms with Crippen molar-refractivity contribution in [2.24, 2.45) is 5.92 Å². The fraction of sp³-hybridized carbons (Fsp3) is 0.350. The minimum atomic E-state index is -0.331. The van der Waals surface area contributed by atoms with Gasteiger partial charge >= 0.3 is 0 Å². The zero-order valence-corrected chi connectivity index (χ0v) is 15.1. The van der Waals surface area contributed by atoms with E-state index in [0.717, 1.165) is 25.9 Å². The molecule has 0 spiro atoms. The molecule has 1 N–H and O–H groups in total. The van der Waals surface area contributed by atoms with Crippen LogP contribution in [0.15, 0.2) is 36.7 Å². The first-order valence-corrected chi connectivity index (χ1v) is 9.05. The maximum atomic E-state index is 12.7. The third-order valence-electron chi connectivity index (χ3n) is 4.82. The molecule has 2 aromatic rings. The summed E-state index contributed by atoms with van der Waals surface area (Å²) in [7, 11) is 0. The number of ether oxygens (including phenoxy) is 2. The number of amides is 2. The first-order chi connectivity index (χ1) is 13.1. The van der Waals surface area contributed by atoms with E-state index >= 15 is 0 Å². The lowest BCUT2D eigenvalue weighted by Crippen LogP contribution is -2.39. The van der Waals surface area contributed by atoms with Crippen molar-refractivity contribution in [3.63, 3.8) is 0 Å². The van der Waals surface area contributed by atoms with Crippen LogP contribution in [0, 0.1) is 5.92 Å². The van der Waals surface area contributed by atoms with Gasteiger partial charge in [0.1, 0.15) is 0 Å². The number of carbonyl (C=O) groups excluding carboxylic acids is 2. The van der Waals surface area contributed by atoms with Crippen molar-refractivity contribution in [1.29, 1.82) is 0 Å². The first-order valence-electron chi connectivity index (χ1n) is 9.05. The van der Waals surface area contributed by atoms with Crippen LogP contribution < -0.4 is 14.8 Å². The SMILES string of the molecule is CC1CCCN(C(=O)c2cncc(C(=O)Nc3ccc4c(c3)OCO4)c2)C1. The molecule has 7 nitrogen and oxygen atoms in total. The Bertz CT molecular complexity index is 883. The smallest absolute Gasteiger partial charge is 0.257 e. The molecule has 1 unspecified atom stereocenters. The van der Waals surface area contributed by atoms with Crippen LogP contribution in [0.25, 0.3) is 0 Å². The number of benzene rings is 1. The van der Waals surface area contributed by atoms with Crippen LogP contribution in [0.4, 0.5) is 5.69 Å². The molecule has 0 saturated carbocycles. The van der Waals surface area contributed by atoms with E-state index in [2.05, 4.69) is 17.2 Å². The summed E-state index contributed by atoms with van der Waals surface area (Å²) < 4.78 is 10.6. The Hall–Kier alpha value is -3.09. The molecule has 3 heterocycles. The van der Waals surface area contributed by atoms with Crippen molar-refractivity contribution in [3.8, 4) is 11.5 Å². The number of hydrogen-bond donors (Lipinski definition) is 1. The molecule has 27 heavy (non-hydrogen) atoms. The molecule has 140 valence electrons. The van der Waals surface area contributed by atoms with E-state index in [4.69, 9.17) is 9.47 Å². The molecule has 1 atom stereocenters. The van der Waals surface area contributed by atoms with Gasteiger partial charge in [0, 0.05) is 37.2 Å². The Morgan fingerprint density at radius 2 is 1.96 bits per heavy atom. The van der Waals surface area contributed by atoms with E-state index in [9.17, 15) is 9.59 Å². The Morgan fingerprint density at radius 3 is 2.81 bits per heavy atom. The second-order valence-electron chi connectivity index (χ2n) is 6.98. The lowest BCUT2D eigenvalue weighted by molar-refractivity contribution is 0.0682. The predicted octanol–water partition coefficient (Wildman–Crippen LogP) is 2.93. The molecule has 0 radical (unpaired) electrons. The average Bonchev–Trinajstić information content (AvgIpc) is 3.15. The topological polar surface area (TPSA) is 80.8 Å². The number of carbonyl (C=O) groups is 2. The minimum absolute atomic E-state index is 0.0771. The van der Waals surface area contributed by atoms with E-state index in [-0.39, 0.29) is 18.6 Å². The largest absolute Gasteiger partial charge is 0.454 e. The van der Waals surface area contributed by atoms with Gasteiger partial charge in [0.05, 0.1) is 11.1 Å². The molecule has 0 aliphatic carbocycles. The van der Waals surface area contributed by atoms with Gasteiger partial charge in [-0.05, 0) is 37.0 Å². The molecule has 1 aromatic carbocycles. The third-order valence-corrected chi connectivity index (χ3v) is 4.82. The zero-order valence-electron chi connectivity index (χ0n) is 15.1. The normalized spacial score (nSPS) is 18.3. The van der Waals surface area contributed by atoms with E-state index < -0.39 is 0 Å². The fourth-order valence-corrected chi connectivity index (χ4v) is 3.42. The predicted molar refractivity (Wildman–Crippen MR) is 99.1 cm³/mol. The number of nitrogens with one attached hydrogen (secondary N) is 1. The van der Waals surface area contributed by atoms with E-state index in [1.807, 2.05) is 4.90 Å². The maximum Gasteiger partial charge on any atom is 0.257 e. The number of rotatable bonds is 3. The number of hydrogen-bond acceptors (Lipinski definition) is 5. The number of pyridine rings is 1. The zero-order chi connectivity index (χ0) is 18.8. The molecule has 2 amide bonds. The lowest BCUT2D eigenvalue weighted by atomic mass is 9.99. The highest BCUT2D eigenvalue weighted by Gasteiger charge is 2.23. The minimum Gasteiger partial charge on any atom is -0.454 e. The number of likely N-dealkylation sites (tertiary alicyclic amines) is 1. The molecule has 1 saturated heterocycles. The number of fused-ring (bicyclic) bond motifs is 1. The second-order valence-corrected chi connectivity index (χ2v) is 6.98. The summed E-state index contributed by atoms with van der Waals surface area (Å²) in [4.78, 5) is 31.2. The highest BCUT2D eigenvalue weighted by atomic mass is 16.7. The van der Waals surface area contributed by atoms with Gasteiger partial charge in [-0.3, -0.25) is 14.6 Å². The number of nitrogens with zero attached hydrogens (tertiary/aromatic N) is 2. The summed E-state index contributed by atoms with van der Waals surface area (Å²) in [6, 6.07) is 6.78. The lowest BCUT2D eigenvalue weighted by Gasteiger charge is -2.30. The van der Waals surface area contributed by atoms with Gasteiger partial charge in [-0.15, -0.1) is 0 Å². The van der Waals surface area contributed by atoms with Crippen LogP contribution in [-0.2, 0) is 0 Å². The van der Waals surface area contributed by atoms with Crippen LogP contribution >= 0.6 is 0 Å². The Balaban J connectivity index is 1.48. The van der Waals surface area contributed by atoms with Gasteiger partial charge in [-0.1, -0.05) is 6.92 Å². The third kappa shape index (κ3) is 3.72. The molecule has 2 aliphatic heterocycles. The summed E-state index contributed by atoms with van der Waals surface area (Å²) in [6.45, 7) is 3.81. The number of piperidine rings is 1. The summed E-state index contributed by atoms with van der Waals surface area (Å²) in [5.74, 6) is 1.33. The van der Waals surface area contributed by atoms with Crippen LogP contribution in [-0.4, -0.2) is 41.6 Å². The monoisotopic (exact) mass is 367 g/mol.